The Labute approximate surface area is 112 Å². The third kappa shape index (κ3) is 3.06. The summed E-state index contributed by atoms with van der Waals surface area (Å²) < 4.78 is 0. The zero-order valence-electron chi connectivity index (χ0n) is 10.7. The minimum Gasteiger partial charge on any atom is -0.481 e. The molecule has 4 heteroatoms. The molecule has 1 aromatic rings. The lowest BCUT2D eigenvalue weighted by molar-refractivity contribution is -0.138. The van der Waals surface area contributed by atoms with Gasteiger partial charge in [-0.1, -0.05) is 26.0 Å². The molecule has 18 heavy (non-hydrogen) atoms. The molecule has 0 aromatic heterocycles. The molecule has 0 bridgehead atoms. The van der Waals surface area contributed by atoms with Crippen molar-refractivity contribution in [3.8, 4) is 0 Å². The molecule has 2 rings (SSSR count). The Hall–Kier alpha value is -1.00. The minimum atomic E-state index is -0.720. The number of aliphatic carboxylic acids is 1. The molecular formula is C14H19NO2S. The predicted molar refractivity (Wildman–Crippen MR) is 73.6 cm³/mol. The van der Waals surface area contributed by atoms with Gasteiger partial charge in [0.05, 0.1) is 5.92 Å². The third-order valence-electron chi connectivity index (χ3n) is 3.26. The van der Waals surface area contributed by atoms with Crippen LogP contribution in [0.2, 0.25) is 0 Å². The summed E-state index contributed by atoms with van der Waals surface area (Å²) in [7, 11) is 0. The normalized spacial score (nSPS) is 24.0. The standard InChI is InChI=1S/C14H19NO2S/c1-8(2)18-10-5-3-9(4-6-10)13(15)11-7-12(11)14(16)17/h3-6,8,11-13H,7,15H2,1-2H3,(H,16,17). The SMILES string of the molecule is CC(C)Sc1ccc(C(N)C2CC2C(=O)O)cc1. The predicted octanol–water partition coefficient (Wildman–Crippen LogP) is 2.91. The summed E-state index contributed by atoms with van der Waals surface area (Å²) in [4.78, 5) is 12.1. The van der Waals surface area contributed by atoms with Gasteiger partial charge in [0.1, 0.15) is 0 Å². The van der Waals surface area contributed by atoms with Gasteiger partial charge < -0.3 is 10.8 Å². The smallest absolute Gasteiger partial charge is 0.306 e. The van der Waals surface area contributed by atoms with E-state index < -0.39 is 5.97 Å². The van der Waals surface area contributed by atoms with E-state index >= 15 is 0 Å². The first-order valence-electron chi connectivity index (χ1n) is 6.24. The monoisotopic (exact) mass is 265 g/mol. The van der Waals surface area contributed by atoms with Gasteiger partial charge in [-0.2, -0.15) is 0 Å². The number of rotatable bonds is 5. The lowest BCUT2D eigenvalue weighted by Gasteiger charge is -2.12. The van der Waals surface area contributed by atoms with Crippen LogP contribution in [0.4, 0.5) is 0 Å². The average Bonchev–Trinajstić information content (AvgIpc) is 3.08. The van der Waals surface area contributed by atoms with Crippen molar-refractivity contribution < 1.29 is 9.90 Å². The second kappa shape index (κ2) is 5.33. The van der Waals surface area contributed by atoms with Gasteiger partial charge in [-0.25, -0.2) is 0 Å². The Morgan fingerprint density at radius 1 is 1.39 bits per heavy atom. The maximum atomic E-state index is 10.8. The summed E-state index contributed by atoms with van der Waals surface area (Å²) >= 11 is 1.81. The van der Waals surface area contributed by atoms with E-state index in [4.69, 9.17) is 10.8 Å². The van der Waals surface area contributed by atoms with Crippen molar-refractivity contribution in [1.29, 1.82) is 0 Å². The first-order valence-corrected chi connectivity index (χ1v) is 7.12. The van der Waals surface area contributed by atoms with Gasteiger partial charge in [0.15, 0.2) is 0 Å². The van der Waals surface area contributed by atoms with Crippen LogP contribution in [-0.4, -0.2) is 16.3 Å². The Balaban J connectivity index is 1.99. The molecule has 0 aliphatic heterocycles. The molecule has 98 valence electrons. The Kier molecular flexibility index (Phi) is 3.97. The van der Waals surface area contributed by atoms with Crippen LogP contribution in [0.1, 0.15) is 31.9 Å². The Morgan fingerprint density at radius 2 is 2.00 bits per heavy atom. The van der Waals surface area contributed by atoms with Crippen LogP contribution >= 0.6 is 11.8 Å². The van der Waals surface area contributed by atoms with E-state index in [0.717, 1.165) is 5.56 Å². The highest BCUT2D eigenvalue weighted by Crippen LogP contribution is 2.46. The van der Waals surface area contributed by atoms with Crippen molar-refractivity contribution in [3.05, 3.63) is 29.8 Å². The van der Waals surface area contributed by atoms with Gasteiger partial charge in [-0.05, 0) is 30.0 Å². The van der Waals surface area contributed by atoms with Crippen LogP contribution in [0.25, 0.3) is 0 Å². The highest BCUT2D eigenvalue weighted by Gasteiger charge is 2.47. The van der Waals surface area contributed by atoms with Gasteiger partial charge in [0, 0.05) is 16.2 Å². The highest BCUT2D eigenvalue weighted by atomic mass is 32.2. The van der Waals surface area contributed by atoms with Crippen molar-refractivity contribution in [2.75, 3.05) is 0 Å². The van der Waals surface area contributed by atoms with Gasteiger partial charge in [0.25, 0.3) is 0 Å². The summed E-state index contributed by atoms with van der Waals surface area (Å²) in [5.74, 6) is -0.863. The molecule has 1 aromatic carbocycles. The average molecular weight is 265 g/mol. The van der Waals surface area contributed by atoms with Crippen LogP contribution in [0.15, 0.2) is 29.2 Å². The quantitative estimate of drug-likeness (QED) is 0.803. The molecule has 1 aliphatic carbocycles. The molecule has 0 saturated heterocycles. The Morgan fingerprint density at radius 3 is 2.44 bits per heavy atom. The van der Waals surface area contributed by atoms with E-state index in [2.05, 4.69) is 26.0 Å². The molecule has 0 radical (unpaired) electrons. The molecule has 1 saturated carbocycles. The number of thioether (sulfide) groups is 1. The van der Waals surface area contributed by atoms with E-state index in [1.54, 1.807) is 0 Å². The molecule has 3 nitrogen and oxygen atoms in total. The summed E-state index contributed by atoms with van der Waals surface area (Å²) in [6.45, 7) is 4.32. The highest BCUT2D eigenvalue weighted by molar-refractivity contribution is 7.99. The third-order valence-corrected chi connectivity index (χ3v) is 4.27. The van der Waals surface area contributed by atoms with Gasteiger partial charge in [-0.15, -0.1) is 11.8 Å². The lowest BCUT2D eigenvalue weighted by atomic mass is 10.0. The topological polar surface area (TPSA) is 63.3 Å². The van der Waals surface area contributed by atoms with Gasteiger partial charge >= 0.3 is 5.97 Å². The van der Waals surface area contributed by atoms with E-state index in [1.807, 2.05) is 23.9 Å². The summed E-state index contributed by atoms with van der Waals surface area (Å²) in [6.07, 6.45) is 0.707. The molecule has 1 aliphatic rings. The second-order valence-electron chi connectivity index (χ2n) is 5.11. The lowest BCUT2D eigenvalue weighted by Crippen LogP contribution is -2.15. The second-order valence-corrected chi connectivity index (χ2v) is 6.76. The van der Waals surface area contributed by atoms with Crippen LogP contribution in [0, 0.1) is 11.8 Å². The number of carbonyl (C=O) groups is 1. The molecular weight excluding hydrogens is 246 g/mol. The van der Waals surface area contributed by atoms with Crippen molar-refractivity contribution in [2.24, 2.45) is 17.6 Å². The number of carboxylic acid groups (broad SMARTS) is 1. The summed E-state index contributed by atoms with van der Waals surface area (Å²) in [5.41, 5.74) is 7.15. The van der Waals surface area contributed by atoms with Gasteiger partial charge in [0.2, 0.25) is 0 Å². The first kappa shape index (κ1) is 13.4. The molecule has 0 spiro atoms. The minimum absolute atomic E-state index is 0.103. The zero-order valence-corrected chi connectivity index (χ0v) is 11.5. The van der Waals surface area contributed by atoms with E-state index in [0.29, 0.717) is 11.7 Å². The molecule has 1 fully saturated rings. The van der Waals surface area contributed by atoms with E-state index in [-0.39, 0.29) is 17.9 Å². The van der Waals surface area contributed by atoms with Gasteiger partial charge in [-0.3, -0.25) is 4.79 Å². The fourth-order valence-electron chi connectivity index (χ4n) is 2.18. The number of hydrogen-bond acceptors (Lipinski definition) is 3. The van der Waals surface area contributed by atoms with Crippen molar-refractivity contribution in [1.82, 2.24) is 0 Å². The largest absolute Gasteiger partial charge is 0.481 e. The molecule has 3 unspecified atom stereocenters. The van der Waals surface area contributed by atoms with Crippen LogP contribution in [0.5, 0.6) is 0 Å². The van der Waals surface area contributed by atoms with Crippen molar-refractivity contribution >= 4 is 17.7 Å². The number of nitrogens with two attached hydrogens (primary N) is 1. The maximum Gasteiger partial charge on any atom is 0.306 e. The Bertz CT molecular complexity index is 430. The van der Waals surface area contributed by atoms with Crippen LogP contribution in [-0.2, 0) is 4.79 Å². The fourth-order valence-corrected chi connectivity index (χ4v) is 3.02. The van der Waals surface area contributed by atoms with Crippen molar-refractivity contribution in [3.63, 3.8) is 0 Å². The molecule has 3 atom stereocenters. The fraction of sp³-hybridized carbons (Fsp3) is 0.500. The zero-order chi connectivity index (χ0) is 13.3. The van der Waals surface area contributed by atoms with E-state index in [9.17, 15) is 4.79 Å². The summed E-state index contributed by atoms with van der Waals surface area (Å²) in [5, 5.41) is 9.46. The molecule has 0 heterocycles. The first-order chi connectivity index (χ1) is 8.49. The number of benzene rings is 1. The number of hydrogen-bond donors (Lipinski definition) is 2. The van der Waals surface area contributed by atoms with E-state index in [1.165, 1.54) is 4.90 Å². The molecule has 3 N–H and O–H groups in total. The number of carboxylic acids is 1. The summed E-state index contributed by atoms with van der Waals surface area (Å²) in [6, 6.07) is 8.03. The molecule has 0 amide bonds. The maximum absolute atomic E-state index is 10.8. The van der Waals surface area contributed by atoms with Crippen LogP contribution in [0.3, 0.4) is 0 Å². The van der Waals surface area contributed by atoms with Crippen LogP contribution < -0.4 is 5.73 Å². The van der Waals surface area contributed by atoms with Crippen molar-refractivity contribution in [2.45, 2.75) is 36.5 Å².